The van der Waals surface area contributed by atoms with Gasteiger partial charge in [-0.3, -0.25) is 10.1 Å². The molecule has 1 aromatic carbocycles. The van der Waals surface area contributed by atoms with Crippen molar-refractivity contribution in [1.29, 1.82) is 0 Å². The Bertz CT molecular complexity index is 473. The van der Waals surface area contributed by atoms with Gasteiger partial charge in [0.1, 0.15) is 0 Å². The van der Waals surface area contributed by atoms with Crippen molar-refractivity contribution >= 4 is 11.4 Å². The topological polar surface area (TPSA) is 55.2 Å². The van der Waals surface area contributed by atoms with Gasteiger partial charge in [-0.15, -0.1) is 0 Å². The number of aryl methyl sites for hydroxylation is 1. The van der Waals surface area contributed by atoms with E-state index in [9.17, 15) is 10.1 Å². The molecular formula is C15H22N2O2. The van der Waals surface area contributed by atoms with Gasteiger partial charge in [0.2, 0.25) is 0 Å². The Labute approximate surface area is 114 Å². The number of rotatable bonds is 3. The average Bonchev–Trinajstić information content (AvgIpc) is 2.37. The monoisotopic (exact) mass is 262 g/mol. The van der Waals surface area contributed by atoms with Crippen molar-refractivity contribution in [3.8, 4) is 0 Å². The molecule has 104 valence electrons. The fourth-order valence-corrected chi connectivity index (χ4v) is 2.90. The summed E-state index contributed by atoms with van der Waals surface area (Å²) in [5.41, 5.74) is 1.77. The van der Waals surface area contributed by atoms with Crippen LogP contribution in [-0.4, -0.2) is 11.0 Å². The minimum absolute atomic E-state index is 0.196. The van der Waals surface area contributed by atoms with E-state index in [1.165, 1.54) is 12.8 Å². The molecule has 1 saturated carbocycles. The highest BCUT2D eigenvalue weighted by Gasteiger charge is 2.27. The van der Waals surface area contributed by atoms with E-state index in [0.29, 0.717) is 23.4 Å². The van der Waals surface area contributed by atoms with Gasteiger partial charge in [-0.05, 0) is 31.2 Å². The van der Waals surface area contributed by atoms with Crippen LogP contribution in [-0.2, 0) is 0 Å². The quantitative estimate of drug-likeness (QED) is 0.658. The second-order valence-electron chi connectivity index (χ2n) is 5.78. The standard InChI is InChI=1S/C15H22N2O2/c1-10-5-4-6-14(12(10)3)16-13-8-7-11(2)15(9-13)17(18)19/h7-10,12,14,16H,4-6H2,1-3H3. The molecule has 3 atom stereocenters. The second-order valence-corrected chi connectivity index (χ2v) is 5.78. The molecule has 19 heavy (non-hydrogen) atoms. The van der Waals surface area contributed by atoms with Crippen molar-refractivity contribution in [1.82, 2.24) is 0 Å². The Morgan fingerprint density at radius 1 is 1.32 bits per heavy atom. The van der Waals surface area contributed by atoms with Gasteiger partial charge in [0.25, 0.3) is 5.69 Å². The number of hydrogen-bond donors (Lipinski definition) is 1. The molecule has 1 aromatic rings. The molecule has 0 amide bonds. The van der Waals surface area contributed by atoms with E-state index in [1.54, 1.807) is 13.0 Å². The van der Waals surface area contributed by atoms with E-state index in [0.717, 1.165) is 12.1 Å². The summed E-state index contributed by atoms with van der Waals surface area (Å²) in [6.07, 6.45) is 3.66. The number of benzene rings is 1. The zero-order chi connectivity index (χ0) is 14.0. The second kappa shape index (κ2) is 5.59. The summed E-state index contributed by atoms with van der Waals surface area (Å²) >= 11 is 0. The van der Waals surface area contributed by atoms with Crippen molar-refractivity contribution in [3.63, 3.8) is 0 Å². The molecule has 1 fully saturated rings. The van der Waals surface area contributed by atoms with E-state index in [4.69, 9.17) is 0 Å². The van der Waals surface area contributed by atoms with Crippen molar-refractivity contribution in [3.05, 3.63) is 33.9 Å². The third kappa shape index (κ3) is 3.06. The summed E-state index contributed by atoms with van der Waals surface area (Å²) in [7, 11) is 0. The largest absolute Gasteiger partial charge is 0.382 e. The van der Waals surface area contributed by atoms with Crippen LogP contribution < -0.4 is 5.32 Å². The van der Waals surface area contributed by atoms with Gasteiger partial charge in [-0.2, -0.15) is 0 Å². The molecule has 0 spiro atoms. The van der Waals surface area contributed by atoms with Crippen LogP contribution in [0.1, 0.15) is 38.7 Å². The van der Waals surface area contributed by atoms with Gasteiger partial charge in [0.05, 0.1) is 4.92 Å². The van der Waals surface area contributed by atoms with Crippen molar-refractivity contribution in [2.24, 2.45) is 11.8 Å². The van der Waals surface area contributed by atoms with Crippen LogP contribution in [0.4, 0.5) is 11.4 Å². The third-order valence-electron chi connectivity index (χ3n) is 4.46. The summed E-state index contributed by atoms with van der Waals surface area (Å²) in [6, 6.07) is 5.83. The summed E-state index contributed by atoms with van der Waals surface area (Å²) in [5, 5.41) is 14.4. The van der Waals surface area contributed by atoms with E-state index in [-0.39, 0.29) is 10.6 Å². The highest BCUT2D eigenvalue weighted by molar-refractivity contribution is 5.55. The Balaban J connectivity index is 2.15. The molecule has 0 heterocycles. The number of nitro benzene ring substituents is 1. The lowest BCUT2D eigenvalue weighted by atomic mass is 9.78. The van der Waals surface area contributed by atoms with Crippen LogP contribution in [0.15, 0.2) is 18.2 Å². The normalized spacial score (nSPS) is 27.0. The number of hydrogen-bond acceptors (Lipinski definition) is 3. The van der Waals surface area contributed by atoms with E-state index in [2.05, 4.69) is 19.2 Å². The Hall–Kier alpha value is -1.58. The average molecular weight is 262 g/mol. The van der Waals surface area contributed by atoms with Gasteiger partial charge in [0.15, 0.2) is 0 Å². The first-order valence-corrected chi connectivity index (χ1v) is 7.00. The number of nitrogens with zero attached hydrogens (tertiary/aromatic N) is 1. The van der Waals surface area contributed by atoms with Crippen LogP contribution in [0, 0.1) is 28.9 Å². The minimum atomic E-state index is -0.312. The molecule has 1 N–H and O–H groups in total. The lowest BCUT2D eigenvalue weighted by Gasteiger charge is -2.35. The summed E-state index contributed by atoms with van der Waals surface area (Å²) in [4.78, 5) is 10.6. The highest BCUT2D eigenvalue weighted by Crippen LogP contribution is 2.32. The molecule has 0 aliphatic heterocycles. The highest BCUT2D eigenvalue weighted by atomic mass is 16.6. The number of nitro groups is 1. The van der Waals surface area contributed by atoms with Crippen LogP contribution in [0.5, 0.6) is 0 Å². The molecule has 1 aliphatic carbocycles. The van der Waals surface area contributed by atoms with Crippen molar-refractivity contribution in [2.45, 2.75) is 46.1 Å². The zero-order valence-electron chi connectivity index (χ0n) is 11.8. The van der Waals surface area contributed by atoms with Crippen molar-refractivity contribution < 1.29 is 4.92 Å². The molecule has 0 radical (unpaired) electrons. The van der Waals surface area contributed by atoms with Gasteiger partial charge in [0, 0.05) is 23.4 Å². The predicted octanol–water partition coefficient (Wildman–Crippen LogP) is 4.14. The maximum Gasteiger partial charge on any atom is 0.274 e. The maximum absolute atomic E-state index is 11.0. The summed E-state index contributed by atoms with van der Waals surface area (Å²) in [6.45, 7) is 6.33. The zero-order valence-corrected chi connectivity index (χ0v) is 11.8. The third-order valence-corrected chi connectivity index (χ3v) is 4.46. The molecule has 0 aromatic heterocycles. The Morgan fingerprint density at radius 3 is 2.74 bits per heavy atom. The van der Waals surface area contributed by atoms with Crippen LogP contribution in [0.25, 0.3) is 0 Å². The molecular weight excluding hydrogens is 240 g/mol. The molecule has 4 heteroatoms. The molecule has 0 bridgehead atoms. The first-order valence-electron chi connectivity index (χ1n) is 7.00. The van der Waals surface area contributed by atoms with Gasteiger partial charge in [-0.25, -0.2) is 0 Å². The van der Waals surface area contributed by atoms with E-state index < -0.39 is 0 Å². The fraction of sp³-hybridized carbons (Fsp3) is 0.600. The summed E-state index contributed by atoms with van der Waals surface area (Å²) in [5.74, 6) is 1.32. The smallest absolute Gasteiger partial charge is 0.274 e. The van der Waals surface area contributed by atoms with Gasteiger partial charge in [-0.1, -0.05) is 32.8 Å². The van der Waals surface area contributed by atoms with Gasteiger partial charge >= 0.3 is 0 Å². The Morgan fingerprint density at radius 2 is 2.05 bits per heavy atom. The maximum atomic E-state index is 11.0. The van der Waals surface area contributed by atoms with Crippen LogP contribution >= 0.6 is 0 Å². The lowest BCUT2D eigenvalue weighted by Crippen LogP contribution is -2.34. The van der Waals surface area contributed by atoms with Crippen LogP contribution in [0.3, 0.4) is 0 Å². The first-order chi connectivity index (χ1) is 8.99. The predicted molar refractivity (Wildman–Crippen MR) is 77.4 cm³/mol. The Kier molecular flexibility index (Phi) is 4.08. The van der Waals surface area contributed by atoms with Crippen LogP contribution in [0.2, 0.25) is 0 Å². The van der Waals surface area contributed by atoms with Gasteiger partial charge < -0.3 is 5.32 Å². The molecule has 2 rings (SSSR count). The first kappa shape index (κ1) is 13.8. The summed E-state index contributed by atoms with van der Waals surface area (Å²) < 4.78 is 0. The molecule has 0 saturated heterocycles. The SMILES string of the molecule is Cc1ccc(NC2CCCC(C)C2C)cc1[N+](=O)[O-]. The number of nitrogens with one attached hydrogen (secondary N) is 1. The number of anilines is 1. The molecule has 3 unspecified atom stereocenters. The lowest BCUT2D eigenvalue weighted by molar-refractivity contribution is -0.385. The molecule has 1 aliphatic rings. The minimum Gasteiger partial charge on any atom is -0.382 e. The fourth-order valence-electron chi connectivity index (χ4n) is 2.90. The van der Waals surface area contributed by atoms with E-state index in [1.807, 2.05) is 12.1 Å². The van der Waals surface area contributed by atoms with E-state index >= 15 is 0 Å². The van der Waals surface area contributed by atoms with Crippen molar-refractivity contribution in [2.75, 3.05) is 5.32 Å². The molecule has 4 nitrogen and oxygen atoms in total.